The van der Waals surface area contributed by atoms with E-state index in [0.29, 0.717) is 31.0 Å². The van der Waals surface area contributed by atoms with Crippen LogP contribution >= 0.6 is 11.6 Å². The molecule has 2 aromatic carbocycles. The predicted octanol–water partition coefficient (Wildman–Crippen LogP) is 3.78. The second-order valence-electron chi connectivity index (χ2n) is 5.10. The van der Waals surface area contributed by atoms with Gasteiger partial charge in [-0.05, 0) is 37.1 Å². The Morgan fingerprint density at radius 3 is 2.59 bits per heavy atom. The highest BCUT2D eigenvalue weighted by molar-refractivity contribution is 6.31. The van der Waals surface area contributed by atoms with E-state index in [4.69, 9.17) is 16.3 Å². The minimum atomic E-state index is 0.00688. The van der Waals surface area contributed by atoms with E-state index in [1.54, 1.807) is 0 Å². The molecule has 0 saturated heterocycles. The number of hydrogen-bond acceptors (Lipinski definition) is 2. The van der Waals surface area contributed by atoms with Gasteiger partial charge in [0.05, 0.1) is 6.54 Å². The van der Waals surface area contributed by atoms with E-state index in [2.05, 4.69) is 5.32 Å². The van der Waals surface area contributed by atoms with E-state index in [9.17, 15) is 4.79 Å². The number of aryl methyl sites for hydroxylation is 2. The molecule has 0 radical (unpaired) electrons. The molecule has 0 bridgehead atoms. The standard InChI is InChI=1S/C18H20ClNO2/c1-14-6-9-16(10-7-14)22-13-12-20-18(21)11-8-15-4-2-3-5-17(15)19/h2-7,9-10H,8,11-13H2,1H3,(H,20,21). The molecular formula is C18H20ClNO2. The predicted molar refractivity (Wildman–Crippen MR) is 89.5 cm³/mol. The molecule has 4 heteroatoms. The van der Waals surface area contributed by atoms with Gasteiger partial charge in [-0.1, -0.05) is 47.5 Å². The van der Waals surface area contributed by atoms with Crippen molar-refractivity contribution in [1.29, 1.82) is 0 Å². The lowest BCUT2D eigenvalue weighted by atomic mass is 10.1. The van der Waals surface area contributed by atoms with Gasteiger partial charge in [0.25, 0.3) is 0 Å². The Labute approximate surface area is 136 Å². The first kappa shape index (κ1) is 16.4. The highest BCUT2D eigenvalue weighted by atomic mass is 35.5. The molecule has 0 aliphatic carbocycles. The lowest BCUT2D eigenvalue weighted by Crippen LogP contribution is -2.28. The van der Waals surface area contributed by atoms with Gasteiger partial charge in [-0.25, -0.2) is 0 Å². The largest absolute Gasteiger partial charge is 0.492 e. The van der Waals surface area contributed by atoms with E-state index in [0.717, 1.165) is 11.3 Å². The average molecular weight is 318 g/mol. The first-order valence-corrected chi connectivity index (χ1v) is 7.72. The Hall–Kier alpha value is -2.00. The molecule has 0 aromatic heterocycles. The van der Waals surface area contributed by atoms with Gasteiger partial charge in [0.1, 0.15) is 12.4 Å². The highest BCUT2D eigenvalue weighted by Crippen LogP contribution is 2.16. The summed E-state index contributed by atoms with van der Waals surface area (Å²) in [5, 5.41) is 3.55. The third-order valence-corrected chi connectivity index (χ3v) is 3.66. The summed E-state index contributed by atoms with van der Waals surface area (Å²) in [6.45, 7) is 2.99. The van der Waals surface area contributed by atoms with Crippen molar-refractivity contribution in [2.24, 2.45) is 0 Å². The second kappa shape index (κ2) is 8.44. The fourth-order valence-electron chi connectivity index (χ4n) is 2.03. The molecule has 0 saturated carbocycles. The van der Waals surface area contributed by atoms with Crippen LogP contribution in [0.15, 0.2) is 48.5 Å². The first-order valence-electron chi connectivity index (χ1n) is 7.35. The van der Waals surface area contributed by atoms with Crippen LogP contribution in [0.5, 0.6) is 5.75 Å². The zero-order valence-electron chi connectivity index (χ0n) is 12.6. The average Bonchev–Trinajstić information content (AvgIpc) is 2.52. The maximum absolute atomic E-state index is 11.8. The Morgan fingerprint density at radius 2 is 1.86 bits per heavy atom. The quantitative estimate of drug-likeness (QED) is 0.789. The van der Waals surface area contributed by atoms with Crippen LogP contribution < -0.4 is 10.1 Å². The van der Waals surface area contributed by atoms with Gasteiger partial charge in [0.15, 0.2) is 0 Å². The van der Waals surface area contributed by atoms with Gasteiger partial charge in [-0.3, -0.25) is 4.79 Å². The van der Waals surface area contributed by atoms with Crippen LogP contribution in [0.2, 0.25) is 5.02 Å². The molecule has 1 N–H and O–H groups in total. The van der Waals surface area contributed by atoms with Crippen LogP contribution in [-0.2, 0) is 11.2 Å². The number of carbonyl (C=O) groups excluding carboxylic acids is 1. The number of ether oxygens (including phenoxy) is 1. The van der Waals surface area contributed by atoms with Crippen molar-refractivity contribution in [3.05, 3.63) is 64.7 Å². The molecule has 0 spiro atoms. The van der Waals surface area contributed by atoms with Crippen molar-refractivity contribution in [3.63, 3.8) is 0 Å². The molecule has 22 heavy (non-hydrogen) atoms. The zero-order valence-corrected chi connectivity index (χ0v) is 13.4. The van der Waals surface area contributed by atoms with E-state index >= 15 is 0 Å². The molecule has 116 valence electrons. The Balaban J connectivity index is 1.64. The van der Waals surface area contributed by atoms with Gasteiger partial charge in [0, 0.05) is 11.4 Å². The minimum Gasteiger partial charge on any atom is -0.492 e. The minimum absolute atomic E-state index is 0.00688. The Kier molecular flexibility index (Phi) is 6.28. The lowest BCUT2D eigenvalue weighted by Gasteiger charge is -2.08. The molecule has 0 aliphatic rings. The maximum Gasteiger partial charge on any atom is 0.220 e. The van der Waals surface area contributed by atoms with Crippen LogP contribution in [-0.4, -0.2) is 19.1 Å². The van der Waals surface area contributed by atoms with Crippen LogP contribution in [0.3, 0.4) is 0 Å². The van der Waals surface area contributed by atoms with Gasteiger partial charge in [0.2, 0.25) is 5.91 Å². The number of amides is 1. The van der Waals surface area contributed by atoms with Crippen LogP contribution in [0.25, 0.3) is 0 Å². The summed E-state index contributed by atoms with van der Waals surface area (Å²) in [6.07, 6.45) is 1.07. The summed E-state index contributed by atoms with van der Waals surface area (Å²) in [5.74, 6) is 0.823. The van der Waals surface area contributed by atoms with Crippen molar-refractivity contribution in [1.82, 2.24) is 5.32 Å². The number of carbonyl (C=O) groups is 1. The molecule has 2 aromatic rings. The van der Waals surface area contributed by atoms with E-state index in [1.165, 1.54) is 5.56 Å². The lowest BCUT2D eigenvalue weighted by molar-refractivity contribution is -0.121. The number of hydrogen-bond donors (Lipinski definition) is 1. The van der Waals surface area contributed by atoms with Gasteiger partial charge in [-0.15, -0.1) is 0 Å². The third-order valence-electron chi connectivity index (χ3n) is 3.29. The van der Waals surface area contributed by atoms with Crippen molar-refractivity contribution >= 4 is 17.5 Å². The Bertz CT molecular complexity index is 611. The smallest absolute Gasteiger partial charge is 0.220 e. The van der Waals surface area contributed by atoms with Gasteiger partial charge in [-0.2, -0.15) is 0 Å². The normalized spacial score (nSPS) is 10.3. The Morgan fingerprint density at radius 1 is 1.14 bits per heavy atom. The number of rotatable bonds is 7. The summed E-state index contributed by atoms with van der Waals surface area (Å²) in [5.41, 5.74) is 2.19. The molecule has 3 nitrogen and oxygen atoms in total. The van der Waals surface area contributed by atoms with E-state index in [1.807, 2.05) is 55.5 Å². The molecule has 0 unspecified atom stereocenters. The second-order valence-corrected chi connectivity index (χ2v) is 5.51. The van der Waals surface area contributed by atoms with E-state index in [-0.39, 0.29) is 5.91 Å². The molecule has 1 amide bonds. The summed E-state index contributed by atoms with van der Waals surface area (Å²) in [6, 6.07) is 15.4. The van der Waals surface area contributed by atoms with Gasteiger partial charge < -0.3 is 10.1 Å². The van der Waals surface area contributed by atoms with Crippen LogP contribution in [0, 0.1) is 6.92 Å². The monoisotopic (exact) mass is 317 g/mol. The fraction of sp³-hybridized carbons (Fsp3) is 0.278. The maximum atomic E-state index is 11.8. The van der Waals surface area contributed by atoms with E-state index < -0.39 is 0 Å². The van der Waals surface area contributed by atoms with Crippen LogP contribution in [0.4, 0.5) is 0 Å². The topological polar surface area (TPSA) is 38.3 Å². The molecular weight excluding hydrogens is 298 g/mol. The molecule has 0 atom stereocenters. The fourth-order valence-corrected chi connectivity index (χ4v) is 2.26. The summed E-state index contributed by atoms with van der Waals surface area (Å²) in [4.78, 5) is 11.8. The highest BCUT2D eigenvalue weighted by Gasteiger charge is 2.04. The van der Waals surface area contributed by atoms with Crippen molar-refractivity contribution < 1.29 is 9.53 Å². The summed E-state index contributed by atoms with van der Waals surface area (Å²) in [7, 11) is 0. The summed E-state index contributed by atoms with van der Waals surface area (Å²) >= 11 is 6.06. The number of halogens is 1. The van der Waals surface area contributed by atoms with Crippen molar-refractivity contribution in [2.75, 3.05) is 13.2 Å². The van der Waals surface area contributed by atoms with Crippen LogP contribution in [0.1, 0.15) is 17.5 Å². The van der Waals surface area contributed by atoms with Crippen molar-refractivity contribution in [2.45, 2.75) is 19.8 Å². The molecule has 2 rings (SSSR count). The molecule has 0 aliphatic heterocycles. The SMILES string of the molecule is Cc1ccc(OCCNC(=O)CCc2ccccc2Cl)cc1. The zero-order chi connectivity index (χ0) is 15.8. The molecule has 0 fully saturated rings. The third kappa shape index (κ3) is 5.41. The number of benzene rings is 2. The summed E-state index contributed by atoms with van der Waals surface area (Å²) < 4.78 is 5.56. The number of nitrogens with one attached hydrogen (secondary N) is 1. The molecule has 0 heterocycles. The van der Waals surface area contributed by atoms with Crippen molar-refractivity contribution in [3.8, 4) is 5.75 Å². The first-order chi connectivity index (χ1) is 10.6. The van der Waals surface area contributed by atoms with Gasteiger partial charge >= 0.3 is 0 Å².